The number of ether oxygens (including phenoxy) is 1. The molecule has 0 aromatic heterocycles. The summed E-state index contributed by atoms with van der Waals surface area (Å²) in [6.45, 7) is 6.75. The van der Waals surface area contributed by atoms with E-state index in [1.54, 1.807) is 0 Å². The highest BCUT2D eigenvalue weighted by molar-refractivity contribution is 5.76. The fourth-order valence-electron chi connectivity index (χ4n) is 2.93. The molecule has 18 heavy (non-hydrogen) atoms. The van der Waals surface area contributed by atoms with Crippen LogP contribution >= 0.6 is 0 Å². The second-order valence-electron chi connectivity index (χ2n) is 5.58. The standard InChI is InChI=1S/C14H26N2O2/c1-3-13-10-18-11(2)9-16(13)14(17)7-6-12-5-4-8-15-12/h11-13,15H,3-10H2,1-2H3. The molecule has 104 valence electrons. The normalized spacial score (nSPS) is 32.8. The molecule has 3 atom stereocenters. The van der Waals surface area contributed by atoms with Crippen molar-refractivity contribution < 1.29 is 9.53 Å². The Bertz CT molecular complexity index is 277. The summed E-state index contributed by atoms with van der Waals surface area (Å²) < 4.78 is 5.63. The summed E-state index contributed by atoms with van der Waals surface area (Å²) in [5.41, 5.74) is 0. The van der Waals surface area contributed by atoms with Gasteiger partial charge in [0.2, 0.25) is 5.91 Å². The van der Waals surface area contributed by atoms with Crippen molar-refractivity contribution >= 4 is 5.91 Å². The quantitative estimate of drug-likeness (QED) is 0.827. The maximum absolute atomic E-state index is 12.3. The van der Waals surface area contributed by atoms with Gasteiger partial charge in [-0.2, -0.15) is 0 Å². The minimum Gasteiger partial charge on any atom is -0.375 e. The van der Waals surface area contributed by atoms with E-state index in [1.165, 1.54) is 12.8 Å². The Morgan fingerprint density at radius 1 is 1.50 bits per heavy atom. The topological polar surface area (TPSA) is 41.6 Å². The number of morpholine rings is 1. The van der Waals surface area contributed by atoms with Crippen LogP contribution in [0.5, 0.6) is 0 Å². The van der Waals surface area contributed by atoms with Gasteiger partial charge in [-0.1, -0.05) is 6.92 Å². The van der Waals surface area contributed by atoms with Crippen molar-refractivity contribution in [3.63, 3.8) is 0 Å². The SMILES string of the molecule is CCC1COC(C)CN1C(=O)CCC1CCCN1. The first-order chi connectivity index (χ1) is 8.70. The minimum absolute atomic E-state index is 0.182. The lowest BCUT2D eigenvalue weighted by atomic mass is 10.1. The lowest BCUT2D eigenvalue weighted by molar-refractivity contribution is -0.144. The summed E-state index contributed by atoms with van der Waals surface area (Å²) in [5.74, 6) is 0.311. The molecule has 1 amide bonds. The van der Waals surface area contributed by atoms with Crippen LogP contribution in [-0.2, 0) is 9.53 Å². The molecule has 0 radical (unpaired) electrons. The van der Waals surface area contributed by atoms with Gasteiger partial charge >= 0.3 is 0 Å². The highest BCUT2D eigenvalue weighted by Gasteiger charge is 2.29. The fourth-order valence-corrected chi connectivity index (χ4v) is 2.93. The smallest absolute Gasteiger partial charge is 0.223 e. The van der Waals surface area contributed by atoms with Gasteiger partial charge in [-0.25, -0.2) is 0 Å². The molecule has 2 fully saturated rings. The predicted octanol–water partition coefficient (Wildman–Crippen LogP) is 1.54. The zero-order valence-corrected chi connectivity index (χ0v) is 11.7. The third-order valence-electron chi connectivity index (χ3n) is 4.13. The maximum Gasteiger partial charge on any atom is 0.223 e. The van der Waals surface area contributed by atoms with Crippen LogP contribution in [0.15, 0.2) is 0 Å². The van der Waals surface area contributed by atoms with Gasteiger partial charge < -0.3 is 15.0 Å². The van der Waals surface area contributed by atoms with Gasteiger partial charge in [0.1, 0.15) is 0 Å². The molecule has 2 rings (SSSR count). The van der Waals surface area contributed by atoms with E-state index in [2.05, 4.69) is 12.2 Å². The van der Waals surface area contributed by atoms with Crippen molar-refractivity contribution in [1.82, 2.24) is 10.2 Å². The van der Waals surface area contributed by atoms with Gasteiger partial charge in [-0.05, 0) is 39.2 Å². The number of carbonyl (C=O) groups excluding carboxylic acids is 1. The summed E-state index contributed by atoms with van der Waals surface area (Å²) in [7, 11) is 0. The molecule has 0 saturated carbocycles. The van der Waals surface area contributed by atoms with Crippen molar-refractivity contribution in [2.45, 2.75) is 64.1 Å². The van der Waals surface area contributed by atoms with Gasteiger partial charge in [0.05, 0.1) is 18.8 Å². The molecule has 2 heterocycles. The van der Waals surface area contributed by atoms with Crippen LogP contribution in [0.1, 0.15) is 46.0 Å². The van der Waals surface area contributed by atoms with E-state index in [4.69, 9.17) is 4.74 Å². The molecule has 2 aliphatic heterocycles. The molecule has 0 aromatic rings. The van der Waals surface area contributed by atoms with Crippen LogP contribution < -0.4 is 5.32 Å². The van der Waals surface area contributed by atoms with E-state index in [0.717, 1.165) is 25.9 Å². The van der Waals surface area contributed by atoms with E-state index in [9.17, 15) is 4.79 Å². The van der Waals surface area contributed by atoms with Gasteiger partial charge in [0.15, 0.2) is 0 Å². The summed E-state index contributed by atoms with van der Waals surface area (Å²) in [5, 5.41) is 3.45. The highest BCUT2D eigenvalue weighted by Crippen LogP contribution is 2.18. The Balaban J connectivity index is 1.81. The molecule has 4 nitrogen and oxygen atoms in total. The third kappa shape index (κ3) is 3.45. The summed E-state index contributed by atoms with van der Waals surface area (Å²) in [6, 6.07) is 0.845. The van der Waals surface area contributed by atoms with Crippen molar-refractivity contribution in [3.8, 4) is 0 Å². The first-order valence-electron chi connectivity index (χ1n) is 7.35. The van der Waals surface area contributed by atoms with Crippen molar-refractivity contribution in [3.05, 3.63) is 0 Å². The largest absolute Gasteiger partial charge is 0.375 e. The molecular formula is C14H26N2O2. The Kier molecular flexibility index (Phi) is 5.01. The molecule has 3 unspecified atom stereocenters. The monoisotopic (exact) mass is 254 g/mol. The second kappa shape index (κ2) is 6.53. The number of carbonyl (C=O) groups is 1. The lowest BCUT2D eigenvalue weighted by Gasteiger charge is -2.38. The number of rotatable bonds is 4. The summed E-state index contributed by atoms with van der Waals surface area (Å²) in [6.07, 6.45) is 5.32. The van der Waals surface area contributed by atoms with Crippen LogP contribution in [0.4, 0.5) is 0 Å². The average Bonchev–Trinajstić information content (AvgIpc) is 2.89. The van der Waals surface area contributed by atoms with E-state index in [-0.39, 0.29) is 12.1 Å². The van der Waals surface area contributed by atoms with Gasteiger partial charge in [-0.3, -0.25) is 4.79 Å². The van der Waals surface area contributed by atoms with E-state index in [0.29, 0.717) is 25.0 Å². The number of hydrogen-bond donors (Lipinski definition) is 1. The van der Waals surface area contributed by atoms with Crippen LogP contribution in [0, 0.1) is 0 Å². The van der Waals surface area contributed by atoms with Crippen LogP contribution in [0.2, 0.25) is 0 Å². The molecule has 2 aliphatic rings. The average molecular weight is 254 g/mol. The Labute approximate surface area is 110 Å². The maximum atomic E-state index is 12.3. The molecular weight excluding hydrogens is 228 g/mol. The predicted molar refractivity (Wildman–Crippen MR) is 71.5 cm³/mol. The summed E-state index contributed by atoms with van der Waals surface area (Å²) in [4.78, 5) is 14.4. The highest BCUT2D eigenvalue weighted by atomic mass is 16.5. The number of hydrogen-bond acceptors (Lipinski definition) is 3. The number of nitrogens with one attached hydrogen (secondary N) is 1. The van der Waals surface area contributed by atoms with E-state index in [1.807, 2.05) is 11.8 Å². The second-order valence-corrected chi connectivity index (χ2v) is 5.58. The van der Waals surface area contributed by atoms with Crippen LogP contribution in [-0.4, -0.2) is 48.7 Å². The Morgan fingerprint density at radius 2 is 2.33 bits per heavy atom. The molecule has 0 spiro atoms. The first-order valence-corrected chi connectivity index (χ1v) is 7.35. The van der Waals surface area contributed by atoms with Gasteiger partial charge in [-0.15, -0.1) is 0 Å². The van der Waals surface area contributed by atoms with Crippen LogP contribution in [0.3, 0.4) is 0 Å². The van der Waals surface area contributed by atoms with Crippen molar-refractivity contribution in [2.24, 2.45) is 0 Å². The fraction of sp³-hybridized carbons (Fsp3) is 0.929. The zero-order valence-electron chi connectivity index (χ0n) is 11.7. The van der Waals surface area contributed by atoms with Gasteiger partial charge in [0, 0.05) is 19.0 Å². The molecule has 4 heteroatoms. The molecule has 0 aliphatic carbocycles. The molecule has 2 saturated heterocycles. The summed E-state index contributed by atoms with van der Waals surface area (Å²) >= 11 is 0. The van der Waals surface area contributed by atoms with E-state index < -0.39 is 0 Å². The minimum atomic E-state index is 0.182. The van der Waals surface area contributed by atoms with Crippen molar-refractivity contribution in [2.75, 3.05) is 19.7 Å². The first kappa shape index (κ1) is 13.8. The van der Waals surface area contributed by atoms with Crippen LogP contribution in [0.25, 0.3) is 0 Å². The zero-order chi connectivity index (χ0) is 13.0. The molecule has 0 bridgehead atoms. The third-order valence-corrected chi connectivity index (χ3v) is 4.13. The lowest BCUT2D eigenvalue weighted by Crippen LogP contribution is -2.51. The van der Waals surface area contributed by atoms with Gasteiger partial charge in [0.25, 0.3) is 0 Å². The number of nitrogens with zero attached hydrogens (tertiary/aromatic N) is 1. The molecule has 1 N–H and O–H groups in total. The Morgan fingerprint density at radius 3 is 3.00 bits per heavy atom. The molecule has 0 aromatic carbocycles. The number of amides is 1. The Hall–Kier alpha value is -0.610. The van der Waals surface area contributed by atoms with Crippen molar-refractivity contribution in [1.29, 1.82) is 0 Å². The van der Waals surface area contributed by atoms with E-state index >= 15 is 0 Å².